The van der Waals surface area contributed by atoms with E-state index in [4.69, 9.17) is 10.5 Å². The molecule has 0 aliphatic heterocycles. The lowest BCUT2D eigenvalue weighted by Crippen LogP contribution is -2.30. The van der Waals surface area contributed by atoms with Crippen molar-refractivity contribution < 1.29 is 9.53 Å². The molecule has 3 nitrogen and oxygen atoms in total. The minimum absolute atomic E-state index is 0.0863. The van der Waals surface area contributed by atoms with E-state index in [0.717, 1.165) is 24.8 Å². The number of benzene rings is 1. The highest BCUT2D eigenvalue weighted by atomic mass is 16.5. The topological polar surface area (TPSA) is 52.3 Å². The Bertz CT molecular complexity index is 456. The van der Waals surface area contributed by atoms with Gasteiger partial charge >= 0.3 is 5.97 Å². The fourth-order valence-electron chi connectivity index (χ4n) is 2.91. The first-order valence-corrected chi connectivity index (χ1v) is 7.19. The van der Waals surface area contributed by atoms with Crippen LogP contribution in [-0.2, 0) is 4.74 Å². The number of nitrogen functional groups attached to an aromatic ring is 1. The van der Waals surface area contributed by atoms with E-state index in [2.05, 4.69) is 6.92 Å². The van der Waals surface area contributed by atoms with E-state index in [1.165, 1.54) is 12.8 Å². The van der Waals surface area contributed by atoms with Crippen molar-refractivity contribution in [2.45, 2.75) is 52.1 Å². The highest BCUT2D eigenvalue weighted by molar-refractivity contribution is 5.91. The zero-order valence-corrected chi connectivity index (χ0v) is 11.8. The molecular formula is C16H23NO2. The number of hydrogen-bond acceptors (Lipinski definition) is 3. The van der Waals surface area contributed by atoms with Crippen LogP contribution in [0.4, 0.5) is 5.69 Å². The molecule has 0 bridgehead atoms. The summed E-state index contributed by atoms with van der Waals surface area (Å²) in [7, 11) is 0. The average Bonchev–Trinajstić information content (AvgIpc) is 2.39. The van der Waals surface area contributed by atoms with Crippen LogP contribution in [-0.4, -0.2) is 12.1 Å². The SMILES string of the molecule is CCC1CCCCC1OC(=O)c1ccc(N)cc1C. The minimum Gasteiger partial charge on any atom is -0.458 e. The van der Waals surface area contributed by atoms with Crippen LogP contribution in [0, 0.1) is 12.8 Å². The number of carbonyl (C=O) groups excluding carboxylic acids is 1. The van der Waals surface area contributed by atoms with Crippen molar-refractivity contribution in [2.24, 2.45) is 5.92 Å². The van der Waals surface area contributed by atoms with Gasteiger partial charge in [-0.3, -0.25) is 0 Å². The van der Waals surface area contributed by atoms with Crippen molar-refractivity contribution >= 4 is 11.7 Å². The van der Waals surface area contributed by atoms with Crippen molar-refractivity contribution in [2.75, 3.05) is 5.73 Å². The van der Waals surface area contributed by atoms with Gasteiger partial charge in [-0.25, -0.2) is 4.79 Å². The molecular weight excluding hydrogens is 238 g/mol. The van der Waals surface area contributed by atoms with Gasteiger partial charge in [-0.1, -0.05) is 13.3 Å². The fourth-order valence-corrected chi connectivity index (χ4v) is 2.91. The summed E-state index contributed by atoms with van der Waals surface area (Å²) in [5.41, 5.74) is 7.90. The molecule has 1 fully saturated rings. The standard InChI is InChI=1S/C16H23NO2/c1-3-12-6-4-5-7-15(12)19-16(18)14-9-8-13(17)10-11(14)2/h8-10,12,15H,3-7,17H2,1-2H3. The Hall–Kier alpha value is -1.51. The van der Waals surface area contributed by atoms with Gasteiger partial charge in [0.2, 0.25) is 0 Å². The van der Waals surface area contributed by atoms with Gasteiger partial charge in [0.25, 0.3) is 0 Å². The van der Waals surface area contributed by atoms with E-state index < -0.39 is 0 Å². The molecule has 3 heteroatoms. The van der Waals surface area contributed by atoms with Crippen LogP contribution in [0.25, 0.3) is 0 Å². The fraction of sp³-hybridized carbons (Fsp3) is 0.562. The van der Waals surface area contributed by atoms with Crippen LogP contribution in [0.1, 0.15) is 54.9 Å². The highest BCUT2D eigenvalue weighted by Gasteiger charge is 2.27. The molecule has 0 aromatic heterocycles. The van der Waals surface area contributed by atoms with Gasteiger partial charge in [0.15, 0.2) is 0 Å². The predicted octanol–water partition coefficient (Wildman–Crippen LogP) is 3.70. The van der Waals surface area contributed by atoms with Gasteiger partial charge in [-0.15, -0.1) is 0 Å². The Morgan fingerprint density at radius 3 is 2.79 bits per heavy atom. The third-order valence-electron chi connectivity index (χ3n) is 4.09. The number of nitrogens with two attached hydrogens (primary N) is 1. The van der Waals surface area contributed by atoms with E-state index in [1.807, 2.05) is 13.0 Å². The maximum atomic E-state index is 12.2. The van der Waals surface area contributed by atoms with Gasteiger partial charge in [-0.05, 0) is 62.3 Å². The van der Waals surface area contributed by atoms with E-state index >= 15 is 0 Å². The molecule has 0 spiro atoms. The number of esters is 1. The van der Waals surface area contributed by atoms with Gasteiger partial charge in [-0.2, -0.15) is 0 Å². The van der Waals surface area contributed by atoms with Gasteiger partial charge in [0, 0.05) is 5.69 Å². The summed E-state index contributed by atoms with van der Waals surface area (Å²) < 4.78 is 5.72. The second-order valence-corrected chi connectivity index (χ2v) is 5.47. The maximum absolute atomic E-state index is 12.2. The molecule has 2 atom stereocenters. The lowest BCUT2D eigenvalue weighted by molar-refractivity contribution is 0.000643. The predicted molar refractivity (Wildman–Crippen MR) is 77.0 cm³/mol. The second-order valence-electron chi connectivity index (χ2n) is 5.47. The molecule has 19 heavy (non-hydrogen) atoms. The Labute approximate surface area is 115 Å². The molecule has 1 aliphatic carbocycles. The van der Waals surface area contributed by atoms with Crippen molar-refractivity contribution in [1.29, 1.82) is 0 Å². The first-order chi connectivity index (χ1) is 9.11. The summed E-state index contributed by atoms with van der Waals surface area (Å²) >= 11 is 0. The molecule has 1 saturated carbocycles. The zero-order valence-electron chi connectivity index (χ0n) is 11.8. The Balaban J connectivity index is 2.07. The van der Waals surface area contributed by atoms with Gasteiger partial charge < -0.3 is 10.5 Å². The monoisotopic (exact) mass is 261 g/mol. The highest BCUT2D eigenvalue weighted by Crippen LogP contribution is 2.30. The lowest BCUT2D eigenvalue weighted by Gasteiger charge is -2.30. The van der Waals surface area contributed by atoms with Crippen LogP contribution in [0.3, 0.4) is 0 Å². The molecule has 0 amide bonds. The first-order valence-electron chi connectivity index (χ1n) is 7.19. The molecule has 2 unspecified atom stereocenters. The van der Waals surface area contributed by atoms with Crippen molar-refractivity contribution in [3.05, 3.63) is 29.3 Å². The summed E-state index contributed by atoms with van der Waals surface area (Å²) in [5.74, 6) is 0.314. The molecule has 0 radical (unpaired) electrons. The Morgan fingerprint density at radius 1 is 1.37 bits per heavy atom. The smallest absolute Gasteiger partial charge is 0.338 e. The lowest BCUT2D eigenvalue weighted by atomic mass is 9.85. The van der Waals surface area contributed by atoms with Gasteiger partial charge in [0.05, 0.1) is 5.56 Å². The third-order valence-corrected chi connectivity index (χ3v) is 4.09. The van der Waals surface area contributed by atoms with Crippen LogP contribution in [0.2, 0.25) is 0 Å². The normalized spacial score (nSPS) is 23.1. The molecule has 1 aromatic rings. The zero-order chi connectivity index (χ0) is 13.8. The number of rotatable bonds is 3. The van der Waals surface area contributed by atoms with Crippen molar-refractivity contribution in [3.63, 3.8) is 0 Å². The van der Waals surface area contributed by atoms with Crippen molar-refractivity contribution in [1.82, 2.24) is 0 Å². The van der Waals surface area contributed by atoms with Gasteiger partial charge in [0.1, 0.15) is 6.10 Å². The summed E-state index contributed by atoms with van der Waals surface area (Å²) in [6, 6.07) is 5.33. The first kappa shape index (κ1) is 13.9. The molecule has 1 aromatic carbocycles. The molecule has 0 saturated heterocycles. The van der Waals surface area contributed by atoms with E-state index in [9.17, 15) is 4.79 Å². The largest absolute Gasteiger partial charge is 0.458 e. The number of aryl methyl sites for hydroxylation is 1. The molecule has 2 N–H and O–H groups in total. The summed E-state index contributed by atoms with van der Waals surface area (Å²) in [4.78, 5) is 12.2. The Morgan fingerprint density at radius 2 is 2.11 bits per heavy atom. The van der Waals surface area contributed by atoms with E-state index in [1.54, 1.807) is 12.1 Å². The number of carbonyl (C=O) groups is 1. The summed E-state index contributed by atoms with van der Waals surface area (Å²) in [5, 5.41) is 0. The van der Waals surface area contributed by atoms with E-state index in [-0.39, 0.29) is 12.1 Å². The number of ether oxygens (including phenoxy) is 1. The average molecular weight is 261 g/mol. The molecule has 0 heterocycles. The molecule has 104 valence electrons. The van der Waals surface area contributed by atoms with Crippen LogP contribution >= 0.6 is 0 Å². The molecule has 2 rings (SSSR count). The van der Waals surface area contributed by atoms with Crippen LogP contribution in [0.15, 0.2) is 18.2 Å². The third kappa shape index (κ3) is 3.28. The molecule has 1 aliphatic rings. The second kappa shape index (κ2) is 6.09. The Kier molecular flexibility index (Phi) is 4.46. The maximum Gasteiger partial charge on any atom is 0.338 e. The van der Waals surface area contributed by atoms with Crippen LogP contribution < -0.4 is 5.73 Å². The van der Waals surface area contributed by atoms with Crippen molar-refractivity contribution in [3.8, 4) is 0 Å². The van der Waals surface area contributed by atoms with E-state index in [0.29, 0.717) is 17.2 Å². The minimum atomic E-state index is -0.206. The quantitative estimate of drug-likeness (QED) is 0.666. The summed E-state index contributed by atoms with van der Waals surface area (Å²) in [6.45, 7) is 4.07. The number of hydrogen-bond donors (Lipinski definition) is 1. The van der Waals surface area contributed by atoms with Crippen LogP contribution in [0.5, 0.6) is 0 Å². The number of anilines is 1. The summed E-state index contributed by atoms with van der Waals surface area (Å²) in [6.07, 6.45) is 5.76.